The van der Waals surface area contributed by atoms with Gasteiger partial charge in [0.1, 0.15) is 5.84 Å². The third-order valence-electron chi connectivity index (χ3n) is 2.02. The molecule has 2 atom stereocenters. The van der Waals surface area contributed by atoms with Crippen molar-refractivity contribution in [2.24, 2.45) is 10.9 Å². The summed E-state index contributed by atoms with van der Waals surface area (Å²) in [6, 6.07) is 0.507. The maximum Gasteiger partial charge on any atom is 0.140 e. The molecule has 0 bridgehead atoms. The van der Waals surface area contributed by atoms with Crippen LogP contribution in [0.15, 0.2) is 5.16 Å². The molecule has 0 rings (SSSR count). The smallest absolute Gasteiger partial charge is 0.140 e. The highest BCUT2D eigenvalue weighted by atomic mass is 16.5. The van der Waals surface area contributed by atoms with E-state index < -0.39 is 0 Å². The SMILES string of the molecule is CCC(COC)NC(C)CC(N)=NO. The minimum atomic E-state index is 0.186. The van der Waals surface area contributed by atoms with E-state index in [1.807, 2.05) is 6.92 Å². The summed E-state index contributed by atoms with van der Waals surface area (Å²) in [7, 11) is 1.68. The molecule has 0 aromatic carbocycles. The number of nitrogens with one attached hydrogen (secondary N) is 1. The molecule has 0 aromatic rings. The molecular weight excluding hydrogens is 182 g/mol. The Hall–Kier alpha value is -0.810. The highest BCUT2D eigenvalue weighted by molar-refractivity contribution is 5.80. The van der Waals surface area contributed by atoms with E-state index in [0.717, 1.165) is 6.42 Å². The van der Waals surface area contributed by atoms with Crippen LogP contribution in [0.5, 0.6) is 0 Å². The lowest BCUT2D eigenvalue weighted by Crippen LogP contribution is -2.41. The van der Waals surface area contributed by atoms with Gasteiger partial charge in [0.15, 0.2) is 0 Å². The summed E-state index contributed by atoms with van der Waals surface area (Å²) in [5, 5.41) is 14.7. The fourth-order valence-electron chi connectivity index (χ4n) is 1.30. The lowest BCUT2D eigenvalue weighted by atomic mass is 10.1. The Morgan fingerprint density at radius 2 is 2.29 bits per heavy atom. The largest absolute Gasteiger partial charge is 0.409 e. The number of nitrogens with zero attached hydrogens (tertiary/aromatic N) is 1. The molecule has 0 saturated heterocycles. The minimum Gasteiger partial charge on any atom is -0.409 e. The fourth-order valence-corrected chi connectivity index (χ4v) is 1.30. The van der Waals surface area contributed by atoms with Crippen LogP contribution in [0.3, 0.4) is 0 Å². The molecular formula is C9H21N3O2. The molecule has 0 amide bonds. The Labute approximate surface area is 85.3 Å². The molecule has 0 saturated carbocycles. The van der Waals surface area contributed by atoms with Crippen molar-refractivity contribution in [3.8, 4) is 0 Å². The normalized spacial score (nSPS) is 16.6. The molecule has 0 aliphatic rings. The number of hydrogen-bond donors (Lipinski definition) is 3. The quantitative estimate of drug-likeness (QED) is 0.244. The van der Waals surface area contributed by atoms with Crippen molar-refractivity contribution in [3.63, 3.8) is 0 Å². The van der Waals surface area contributed by atoms with Crippen LogP contribution in [-0.2, 0) is 4.74 Å². The molecule has 0 spiro atoms. The number of nitrogens with two attached hydrogens (primary N) is 1. The van der Waals surface area contributed by atoms with Gasteiger partial charge < -0.3 is 21.0 Å². The second kappa shape index (κ2) is 7.58. The first-order valence-corrected chi connectivity index (χ1v) is 4.85. The van der Waals surface area contributed by atoms with Gasteiger partial charge in [-0.2, -0.15) is 0 Å². The van der Waals surface area contributed by atoms with Crippen molar-refractivity contribution in [3.05, 3.63) is 0 Å². The van der Waals surface area contributed by atoms with E-state index in [-0.39, 0.29) is 11.9 Å². The van der Waals surface area contributed by atoms with Crippen molar-refractivity contribution in [1.29, 1.82) is 0 Å². The summed E-state index contributed by atoms with van der Waals surface area (Å²) in [6.45, 7) is 4.76. The predicted molar refractivity (Wildman–Crippen MR) is 56.6 cm³/mol. The fraction of sp³-hybridized carbons (Fsp3) is 0.889. The van der Waals surface area contributed by atoms with Gasteiger partial charge in [-0.15, -0.1) is 0 Å². The first-order valence-electron chi connectivity index (χ1n) is 4.85. The van der Waals surface area contributed by atoms with Gasteiger partial charge in [-0.25, -0.2) is 0 Å². The van der Waals surface area contributed by atoms with Crippen molar-refractivity contribution in [2.75, 3.05) is 13.7 Å². The van der Waals surface area contributed by atoms with Crippen LogP contribution in [0, 0.1) is 0 Å². The summed E-state index contributed by atoms with van der Waals surface area (Å²) in [5.41, 5.74) is 5.39. The number of ether oxygens (including phenoxy) is 1. The zero-order valence-electron chi connectivity index (χ0n) is 9.16. The lowest BCUT2D eigenvalue weighted by molar-refractivity contribution is 0.159. The average Bonchev–Trinajstić information content (AvgIpc) is 2.16. The molecule has 5 nitrogen and oxygen atoms in total. The molecule has 0 aliphatic carbocycles. The average molecular weight is 203 g/mol. The molecule has 0 radical (unpaired) electrons. The molecule has 2 unspecified atom stereocenters. The Morgan fingerprint density at radius 3 is 2.71 bits per heavy atom. The van der Waals surface area contributed by atoms with Crippen LogP contribution in [-0.4, -0.2) is 36.8 Å². The number of rotatable bonds is 7. The van der Waals surface area contributed by atoms with Crippen LogP contribution >= 0.6 is 0 Å². The Balaban J connectivity index is 3.83. The number of amidine groups is 1. The maximum absolute atomic E-state index is 8.39. The van der Waals surface area contributed by atoms with E-state index in [9.17, 15) is 0 Å². The van der Waals surface area contributed by atoms with Gasteiger partial charge >= 0.3 is 0 Å². The molecule has 84 valence electrons. The molecule has 0 aromatic heterocycles. The van der Waals surface area contributed by atoms with E-state index in [0.29, 0.717) is 19.1 Å². The maximum atomic E-state index is 8.39. The molecule has 14 heavy (non-hydrogen) atoms. The molecule has 0 heterocycles. The Morgan fingerprint density at radius 1 is 1.64 bits per heavy atom. The van der Waals surface area contributed by atoms with Gasteiger partial charge in [-0.3, -0.25) is 0 Å². The summed E-state index contributed by atoms with van der Waals surface area (Å²) < 4.78 is 5.05. The number of oxime groups is 1. The van der Waals surface area contributed by atoms with E-state index in [1.165, 1.54) is 0 Å². The second-order valence-corrected chi connectivity index (χ2v) is 3.42. The van der Waals surface area contributed by atoms with Gasteiger partial charge in [0.2, 0.25) is 0 Å². The second-order valence-electron chi connectivity index (χ2n) is 3.42. The lowest BCUT2D eigenvalue weighted by Gasteiger charge is -2.21. The van der Waals surface area contributed by atoms with Gasteiger partial charge in [0, 0.05) is 25.6 Å². The molecule has 5 heteroatoms. The van der Waals surface area contributed by atoms with E-state index in [4.69, 9.17) is 15.7 Å². The molecule has 0 aliphatic heterocycles. The third-order valence-corrected chi connectivity index (χ3v) is 2.02. The highest BCUT2D eigenvalue weighted by Crippen LogP contribution is 1.97. The van der Waals surface area contributed by atoms with Gasteiger partial charge in [0.25, 0.3) is 0 Å². The molecule has 0 fully saturated rings. The van der Waals surface area contributed by atoms with Gasteiger partial charge in [-0.1, -0.05) is 12.1 Å². The minimum absolute atomic E-state index is 0.186. The van der Waals surface area contributed by atoms with Gasteiger partial charge in [-0.05, 0) is 13.3 Å². The topological polar surface area (TPSA) is 79.9 Å². The Kier molecular flexibility index (Phi) is 7.14. The van der Waals surface area contributed by atoms with Crippen LogP contribution in [0.2, 0.25) is 0 Å². The first-order chi connectivity index (χ1) is 6.63. The summed E-state index contributed by atoms with van der Waals surface area (Å²) >= 11 is 0. The Bertz CT molecular complexity index is 173. The van der Waals surface area contributed by atoms with Crippen molar-refractivity contribution < 1.29 is 9.94 Å². The molecule has 4 N–H and O–H groups in total. The summed E-state index contributed by atoms with van der Waals surface area (Å²) in [4.78, 5) is 0. The van der Waals surface area contributed by atoms with Crippen LogP contribution in [0.4, 0.5) is 0 Å². The van der Waals surface area contributed by atoms with Crippen molar-refractivity contribution >= 4 is 5.84 Å². The number of methoxy groups -OCH3 is 1. The van der Waals surface area contributed by atoms with Crippen LogP contribution in [0.1, 0.15) is 26.7 Å². The van der Waals surface area contributed by atoms with Gasteiger partial charge in [0.05, 0.1) is 6.61 Å². The summed E-state index contributed by atoms with van der Waals surface area (Å²) in [5.74, 6) is 0.247. The van der Waals surface area contributed by atoms with Crippen LogP contribution in [0.25, 0.3) is 0 Å². The zero-order valence-corrected chi connectivity index (χ0v) is 9.16. The summed E-state index contributed by atoms with van der Waals surface area (Å²) in [6.07, 6.45) is 1.53. The monoisotopic (exact) mass is 203 g/mol. The van der Waals surface area contributed by atoms with Crippen LogP contribution < -0.4 is 11.1 Å². The van der Waals surface area contributed by atoms with Crippen molar-refractivity contribution in [2.45, 2.75) is 38.8 Å². The standard InChI is InChI=1S/C9H21N3O2/c1-4-8(6-14-3)11-7(2)5-9(10)12-13/h7-8,11,13H,4-6H2,1-3H3,(H2,10,12). The third kappa shape index (κ3) is 5.77. The predicted octanol–water partition coefficient (Wildman–Crippen LogP) is 0.526. The first kappa shape index (κ1) is 13.2. The zero-order chi connectivity index (χ0) is 11.0. The van der Waals surface area contributed by atoms with E-state index in [1.54, 1.807) is 7.11 Å². The number of hydrogen-bond acceptors (Lipinski definition) is 4. The van der Waals surface area contributed by atoms with Crippen molar-refractivity contribution in [1.82, 2.24) is 5.32 Å². The van der Waals surface area contributed by atoms with E-state index in [2.05, 4.69) is 17.4 Å². The van der Waals surface area contributed by atoms with E-state index >= 15 is 0 Å². The highest BCUT2D eigenvalue weighted by Gasteiger charge is 2.11.